The predicted molar refractivity (Wildman–Crippen MR) is 72.8 cm³/mol. The fourth-order valence-corrected chi connectivity index (χ4v) is 2.02. The van der Waals surface area contributed by atoms with Crippen LogP contribution in [0.2, 0.25) is 0 Å². The average Bonchev–Trinajstić information content (AvgIpc) is 2.83. The molecule has 2 heterocycles. The number of hydrazine groups is 1. The molecule has 0 saturated carbocycles. The van der Waals surface area contributed by atoms with Crippen LogP contribution in [0.25, 0.3) is 0 Å². The Labute approximate surface area is 117 Å². The summed E-state index contributed by atoms with van der Waals surface area (Å²) in [7, 11) is 0. The molecule has 20 heavy (non-hydrogen) atoms. The van der Waals surface area contributed by atoms with Gasteiger partial charge in [0.2, 0.25) is 0 Å². The fourth-order valence-electron chi connectivity index (χ4n) is 2.02. The summed E-state index contributed by atoms with van der Waals surface area (Å²) >= 11 is 0. The number of hydrogen-bond donors (Lipinski definition) is 2. The first-order chi connectivity index (χ1) is 9.61. The van der Waals surface area contributed by atoms with Gasteiger partial charge < -0.3 is 0 Å². The Morgan fingerprint density at radius 2 is 2.20 bits per heavy atom. The second-order valence-corrected chi connectivity index (χ2v) is 5.05. The van der Waals surface area contributed by atoms with E-state index in [0.29, 0.717) is 12.3 Å². The lowest BCUT2D eigenvalue weighted by atomic mass is 10.1. The number of aromatic nitrogens is 4. The van der Waals surface area contributed by atoms with Gasteiger partial charge in [0.25, 0.3) is 0 Å². The van der Waals surface area contributed by atoms with E-state index < -0.39 is 6.04 Å². The quantitative estimate of drug-likeness (QED) is 0.613. The highest BCUT2D eigenvalue weighted by Gasteiger charge is 2.19. The number of nitrogens with zero attached hydrogens (tertiary/aromatic N) is 4. The van der Waals surface area contributed by atoms with E-state index in [9.17, 15) is 4.39 Å². The van der Waals surface area contributed by atoms with E-state index in [-0.39, 0.29) is 11.5 Å². The first kappa shape index (κ1) is 14.5. The minimum atomic E-state index is -0.439. The van der Waals surface area contributed by atoms with Crippen LogP contribution in [0.3, 0.4) is 0 Å². The normalized spacial score (nSPS) is 12.8. The van der Waals surface area contributed by atoms with Gasteiger partial charge in [-0.3, -0.25) is 16.3 Å². The number of halogens is 1. The minimum Gasteiger partial charge on any atom is -0.271 e. The average molecular weight is 278 g/mol. The summed E-state index contributed by atoms with van der Waals surface area (Å²) in [5, 5.41) is 4.18. The van der Waals surface area contributed by atoms with E-state index in [1.807, 2.05) is 4.68 Å². The standard InChI is InChI=1S/C13H19FN6/c1-9(2)7-20-12(17-8-18-20)6-11(19-15)13-10(14)4-3-5-16-13/h3-5,8-9,11,19H,6-7,15H2,1-2H3. The topological polar surface area (TPSA) is 81.7 Å². The molecule has 1 atom stereocenters. The zero-order valence-electron chi connectivity index (χ0n) is 11.6. The lowest BCUT2D eigenvalue weighted by Gasteiger charge is -2.16. The highest BCUT2D eigenvalue weighted by molar-refractivity contribution is 5.13. The van der Waals surface area contributed by atoms with Gasteiger partial charge in [0.05, 0.1) is 11.7 Å². The summed E-state index contributed by atoms with van der Waals surface area (Å²) in [5.74, 6) is 6.35. The lowest BCUT2D eigenvalue weighted by molar-refractivity contribution is 0.436. The maximum Gasteiger partial charge on any atom is 0.146 e. The number of nitrogens with one attached hydrogen (secondary N) is 1. The van der Waals surface area contributed by atoms with Crippen molar-refractivity contribution in [2.45, 2.75) is 32.9 Å². The van der Waals surface area contributed by atoms with Crippen LogP contribution in [-0.4, -0.2) is 19.7 Å². The molecule has 2 rings (SSSR count). The van der Waals surface area contributed by atoms with Gasteiger partial charge in [-0.1, -0.05) is 13.8 Å². The Bertz CT molecular complexity index is 553. The molecular formula is C13H19FN6. The third-order valence-corrected chi connectivity index (χ3v) is 2.94. The predicted octanol–water partition coefficient (Wildman–Crippen LogP) is 1.22. The molecule has 0 bridgehead atoms. The van der Waals surface area contributed by atoms with Crippen molar-refractivity contribution in [1.82, 2.24) is 25.2 Å². The maximum atomic E-state index is 13.8. The summed E-state index contributed by atoms with van der Waals surface area (Å²) in [4.78, 5) is 8.26. The van der Waals surface area contributed by atoms with E-state index in [2.05, 4.69) is 34.3 Å². The molecule has 0 aliphatic heterocycles. The minimum absolute atomic E-state index is 0.286. The van der Waals surface area contributed by atoms with Crippen LogP contribution < -0.4 is 11.3 Å². The van der Waals surface area contributed by atoms with Crippen molar-refractivity contribution in [2.75, 3.05) is 0 Å². The second-order valence-electron chi connectivity index (χ2n) is 5.05. The molecule has 0 aromatic carbocycles. The van der Waals surface area contributed by atoms with Gasteiger partial charge in [-0.05, 0) is 18.1 Å². The van der Waals surface area contributed by atoms with Gasteiger partial charge in [0.15, 0.2) is 0 Å². The summed E-state index contributed by atoms with van der Waals surface area (Å²) in [6.45, 7) is 4.96. The lowest BCUT2D eigenvalue weighted by Crippen LogP contribution is -2.32. The summed E-state index contributed by atoms with van der Waals surface area (Å²) in [6.07, 6.45) is 3.47. The number of pyridine rings is 1. The van der Waals surface area contributed by atoms with E-state index in [1.165, 1.54) is 12.4 Å². The SMILES string of the molecule is CC(C)Cn1ncnc1CC(NN)c1ncccc1F. The van der Waals surface area contributed by atoms with Gasteiger partial charge in [-0.25, -0.2) is 14.1 Å². The van der Waals surface area contributed by atoms with Gasteiger partial charge in [-0.2, -0.15) is 5.10 Å². The number of nitrogens with two attached hydrogens (primary N) is 1. The Balaban J connectivity index is 2.19. The number of rotatable bonds is 6. The molecule has 6 nitrogen and oxygen atoms in total. The van der Waals surface area contributed by atoms with Crippen molar-refractivity contribution >= 4 is 0 Å². The second kappa shape index (κ2) is 6.53. The van der Waals surface area contributed by atoms with Crippen molar-refractivity contribution in [3.63, 3.8) is 0 Å². The van der Waals surface area contributed by atoms with Crippen molar-refractivity contribution in [3.8, 4) is 0 Å². The summed E-state index contributed by atoms with van der Waals surface area (Å²) in [5.41, 5.74) is 2.88. The van der Waals surface area contributed by atoms with Crippen LogP contribution in [0.4, 0.5) is 4.39 Å². The Morgan fingerprint density at radius 1 is 1.40 bits per heavy atom. The molecule has 0 aliphatic carbocycles. The maximum absolute atomic E-state index is 13.8. The third-order valence-electron chi connectivity index (χ3n) is 2.94. The van der Waals surface area contributed by atoms with Crippen LogP contribution in [0, 0.1) is 11.7 Å². The monoisotopic (exact) mass is 278 g/mol. The van der Waals surface area contributed by atoms with Gasteiger partial charge in [-0.15, -0.1) is 0 Å². The largest absolute Gasteiger partial charge is 0.271 e. The van der Waals surface area contributed by atoms with E-state index in [1.54, 1.807) is 12.3 Å². The van der Waals surface area contributed by atoms with Crippen LogP contribution in [0.1, 0.15) is 31.4 Å². The molecule has 2 aromatic rings. The molecule has 0 radical (unpaired) electrons. The molecule has 0 spiro atoms. The molecular weight excluding hydrogens is 259 g/mol. The molecule has 0 aliphatic rings. The molecule has 7 heteroatoms. The molecule has 0 fully saturated rings. The summed E-state index contributed by atoms with van der Waals surface area (Å²) < 4.78 is 15.6. The zero-order chi connectivity index (χ0) is 14.5. The molecule has 2 aromatic heterocycles. The molecule has 3 N–H and O–H groups in total. The van der Waals surface area contributed by atoms with E-state index >= 15 is 0 Å². The van der Waals surface area contributed by atoms with Gasteiger partial charge in [0.1, 0.15) is 18.0 Å². The highest BCUT2D eigenvalue weighted by atomic mass is 19.1. The van der Waals surface area contributed by atoms with Crippen LogP contribution in [-0.2, 0) is 13.0 Å². The molecule has 1 unspecified atom stereocenters. The number of hydrogen-bond acceptors (Lipinski definition) is 5. The smallest absolute Gasteiger partial charge is 0.146 e. The molecule has 108 valence electrons. The van der Waals surface area contributed by atoms with Crippen molar-refractivity contribution in [2.24, 2.45) is 11.8 Å². The summed E-state index contributed by atoms with van der Waals surface area (Å²) in [6, 6.07) is 2.48. The van der Waals surface area contributed by atoms with Crippen LogP contribution in [0.15, 0.2) is 24.7 Å². The first-order valence-electron chi connectivity index (χ1n) is 6.55. The third kappa shape index (κ3) is 3.37. The fraction of sp³-hybridized carbons (Fsp3) is 0.462. The van der Waals surface area contributed by atoms with Crippen LogP contribution in [0.5, 0.6) is 0 Å². The Kier molecular flexibility index (Phi) is 4.75. The molecule has 0 saturated heterocycles. The van der Waals surface area contributed by atoms with Gasteiger partial charge in [0, 0.05) is 19.2 Å². The highest BCUT2D eigenvalue weighted by Crippen LogP contribution is 2.17. The van der Waals surface area contributed by atoms with E-state index in [0.717, 1.165) is 12.4 Å². The molecule has 0 amide bonds. The zero-order valence-corrected chi connectivity index (χ0v) is 11.6. The first-order valence-corrected chi connectivity index (χ1v) is 6.55. The Hall–Kier alpha value is -1.86. The van der Waals surface area contributed by atoms with Gasteiger partial charge >= 0.3 is 0 Å². The van der Waals surface area contributed by atoms with Crippen molar-refractivity contribution < 1.29 is 4.39 Å². The Morgan fingerprint density at radius 3 is 2.85 bits per heavy atom. The van der Waals surface area contributed by atoms with E-state index in [4.69, 9.17) is 5.84 Å². The van der Waals surface area contributed by atoms with Crippen LogP contribution >= 0.6 is 0 Å². The van der Waals surface area contributed by atoms with Crippen molar-refractivity contribution in [3.05, 3.63) is 42.0 Å². The van der Waals surface area contributed by atoms with Crippen molar-refractivity contribution in [1.29, 1.82) is 0 Å².